The normalized spacial score (nSPS) is 10.8. The molecule has 2 N–H and O–H groups in total. The van der Waals surface area contributed by atoms with Crippen molar-refractivity contribution in [2.24, 2.45) is 0 Å². The largest absolute Gasteiger partial charge is 0.384 e. The third kappa shape index (κ3) is 2.30. The maximum atomic E-state index is 11.0. The first-order valence-corrected chi connectivity index (χ1v) is 6.69. The number of thiazole rings is 1. The summed E-state index contributed by atoms with van der Waals surface area (Å²) in [6.45, 7) is 0. The lowest BCUT2D eigenvalue weighted by molar-refractivity contribution is -0.385. The second-order valence-corrected chi connectivity index (χ2v) is 5.33. The number of anilines is 1. The Morgan fingerprint density at radius 3 is 2.75 bits per heavy atom. The molecule has 0 amide bonds. The van der Waals surface area contributed by atoms with Crippen LogP contribution in [0, 0.1) is 10.1 Å². The highest BCUT2D eigenvalue weighted by Gasteiger charge is 2.17. The van der Waals surface area contributed by atoms with Crippen LogP contribution in [0.25, 0.3) is 10.2 Å². The molecular weight excluding hydrogens is 276 g/mol. The lowest BCUT2D eigenvalue weighted by atomic mass is 10.2. The molecule has 1 aromatic carbocycles. The Morgan fingerprint density at radius 1 is 1.20 bits per heavy atom. The highest BCUT2D eigenvalue weighted by atomic mass is 32.1. The van der Waals surface area contributed by atoms with Gasteiger partial charge >= 0.3 is 0 Å². The first-order chi connectivity index (χ1) is 9.63. The van der Waals surface area contributed by atoms with Crippen molar-refractivity contribution in [3.8, 4) is 0 Å². The van der Waals surface area contributed by atoms with Gasteiger partial charge in [-0.25, -0.2) is 9.97 Å². The third-order valence-corrected chi connectivity index (χ3v) is 3.86. The minimum atomic E-state index is -0.449. The fourth-order valence-electron chi connectivity index (χ4n) is 1.95. The van der Waals surface area contributed by atoms with Gasteiger partial charge in [0, 0.05) is 12.5 Å². The Hall–Kier alpha value is -2.54. The van der Waals surface area contributed by atoms with Gasteiger partial charge in [0.2, 0.25) is 0 Å². The minimum Gasteiger partial charge on any atom is -0.384 e. The first kappa shape index (κ1) is 12.5. The van der Waals surface area contributed by atoms with Crippen LogP contribution in [0.2, 0.25) is 0 Å². The predicted molar refractivity (Wildman–Crippen MR) is 77.7 cm³/mol. The van der Waals surface area contributed by atoms with Crippen molar-refractivity contribution in [1.82, 2.24) is 9.97 Å². The van der Waals surface area contributed by atoms with Crippen molar-refractivity contribution in [1.29, 1.82) is 0 Å². The fraction of sp³-hybridized carbons (Fsp3) is 0.0769. The summed E-state index contributed by atoms with van der Waals surface area (Å²) in [7, 11) is 0. The smallest absolute Gasteiger partial charge is 0.291 e. The molecule has 2 heterocycles. The van der Waals surface area contributed by atoms with Crippen LogP contribution in [0.4, 0.5) is 11.5 Å². The van der Waals surface area contributed by atoms with E-state index in [1.54, 1.807) is 0 Å². The van der Waals surface area contributed by atoms with E-state index in [4.69, 9.17) is 5.73 Å². The van der Waals surface area contributed by atoms with Crippen molar-refractivity contribution in [3.63, 3.8) is 0 Å². The molecule has 0 saturated heterocycles. The van der Waals surface area contributed by atoms with Gasteiger partial charge in [-0.3, -0.25) is 10.1 Å². The lowest BCUT2D eigenvalue weighted by Gasteiger charge is -2.01. The maximum Gasteiger partial charge on any atom is 0.291 e. The van der Waals surface area contributed by atoms with Crippen LogP contribution in [0.15, 0.2) is 36.4 Å². The molecule has 3 aromatic rings. The summed E-state index contributed by atoms with van der Waals surface area (Å²) in [4.78, 5) is 19.1. The van der Waals surface area contributed by atoms with Crippen LogP contribution in [-0.2, 0) is 6.42 Å². The number of para-hydroxylation sites is 1. The first-order valence-electron chi connectivity index (χ1n) is 5.88. The molecule has 6 nitrogen and oxygen atoms in total. The molecule has 0 fully saturated rings. The van der Waals surface area contributed by atoms with Gasteiger partial charge in [0.05, 0.1) is 15.1 Å². The van der Waals surface area contributed by atoms with E-state index >= 15 is 0 Å². The SMILES string of the molecule is Nc1ccc([N+](=O)[O-])c(Cc2nc3ccccc3s2)n1. The zero-order chi connectivity index (χ0) is 14.1. The Labute approximate surface area is 118 Å². The Morgan fingerprint density at radius 2 is 2.00 bits per heavy atom. The van der Waals surface area contributed by atoms with Crippen molar-refractivity contribution in [3.05, 3.63) is 57.2 Å². The number of nitrogens with zero attached hydrogens (tertiary/aromatic N) is 3. The predicted octanol–water partition coefficient (Wildman–Crippen LogP) is 2.77. The highest BCUT2D eigenvalue weighted by molar-refractivity contribution is 7.18. The van der Waals surface area contributed by atoms with Gasteiger partial charge in [-0.1, -0.05) is 12.1 Å². The number of rotatable bonds is 3. The van der Waals surface area contributed by atoms with E-state index in [1.807, 2.05) is 24.3 Å². The van der Waals surface area contributed by atoms with E-state index in [0.717, 1.165) is 15.2 Å². The topological polar surface area (TPSA) is 94.9 Å². The van der Waals surface area contributed by atoms with Crippen LogP contribution in [0.5, 0.6) is 0 Å². The molecule has 2 aromatic heterocycles. The van der Waals surface area contributed by atoms with Gasteiger partial charge in [-0.2, -0.15) is 0 Å². The van der Waals surface area contributed by atoms with Gasteiger partial charge < -0.3 is 5.73 Å². The summed E-state index contributed by atoms with van der Waals surface area (Å²) < 4.78 is 1.05. The second-order valence-electron chi connectivity index (χ2n) is 4.21. The number of hydrogen-bond acceptors (Lipinski definition) is 6. The van der Waals surface area contributed by atoms with Crippen LogP contribution >= 0.6 is 11.3 Å². The zero-order valence-electron chi connectivity index (χ0n) is 10.3. The van der Waals surface area contributed by atoms with E-state index in [1.165, 1.54) is 23.5 Å². The highest BCUT2D eigenvalue weighted by Crippen LogP contribution is 2.26. The summed E-state index contributed by atoms with van der Waals surface area (Å²) in [6, 6.07) is 10.5. The van der Waals surface area contributed by atoms with E-state index in [0.29, 0.717) is 12.1 Å². The van der Waals surface area contributed by atoms with Crippen LogP contribution in [0.3, 0.4) is 0 Å². The van der Waals surface area contributed by atoms with Crippen LogP contribution < -0.4 is 5.73 Å². The minimum absolute atomic E-state index is 0.0292. The molecule has 0 saturated carbocycles. The summed E-state index contributed by atoms with van der Waals surface area (Å²) in [6.07, 6.45) is 0.306. The number of nitro groups is 1. The lowest BCUT2D eigenvalue weighted by Crippen LogP contribution is -2.02. The van der Waals surface area contributed by atoms with Gasteiger partial charge in [-0.15, -0.1) is 11.3 Å². The standard InChI is InChI=1S/C13H10N4O2S/c14-12-6-5-10(17(18)19)9(15-12)7-13-16-8-3-1-2-4-11(8)20-13/h1-6H,7H2,(H2,14,15). The number of nitrogen functional groups attached to an aromatic ring is 1. The number of pyridine rings is 1. The number of aromatic nitrogens is 2. The van der Waals surface area contributed by atoms with Gasteiger partial charge in [0.15, 0.2) is 0 Å². The maximum absolute atomic E-state index is 11.0. The fourth-order valence-corrected chi connectivity index (χ4v) is 2.92. The third-order valence-electron chi connectivity index (χ3n) is 2.83. The van der Waals surface area contributed by atoms with E-state index in [2.05, 4.69) is 9.97 Å². The average Bonchev–Trinajstić information content (AvgIpc) is 2.80. The van der Waals surface area contributed by atoms with E-state index < -0.39 is 4.92 Å². The zero-order valence-corrected chi connectivity index (χ0v) is 11.1. The Bertz CT molecular complexity index is 767. The number of nitrogens with two attached hydrogens (primary N) is 1. The molecule has 0 radical (unpaired) electrons. The van der Waals surface area contributed by atoms with Crippen LogP contribution in [-0.4, -0.2) is 14.9 Å². The van der Waals surface area contributed by atoms with Crippen molar-refractivity contribution >= 4 is 33.1 Å². The van der Waals surface area contributed by atoms with Crippen molar-refractivity contribution < 1.29 is 4.92 Å². The second kappa shape index (κ2) is 4.86. The van der Waals surface area contributed by atoms with Gasteiger partial charge in [0.25, 0.3) is 5.69 Å². The number of benzene rings is 1. The van der Waals surface area contributed by atoms with Gasteiger partial charge in [-0.05, 0) is 18.2 Å². The molecule has 7 heteroatoms. The number of hydrogen-bond donors (Lipinski definition) is 1. The number of fused-ring (bicyclic) bond motifs is 1. The molecule has 3 rings (SSSR count). The molecule has 20 heavy (non-hydrogen) atoms. The Balaban J connectivity index is 2.01. The van der Waals surface area contributed by atoms with Crippen molar-refractivity contribution in [2.45, 2.75) is 6.42 Å². The molecule has 100 valence electrons. The molecule has 0 aliphatic rings. The molecular formula is C13H10N4O2S. The van der Waals surface area contributed by atoms with E-state index in [-0.39, 0.29) is 11.5 Å². The van der Waals surface area contributed by atoms with Crippen molar-refractivity contribution in [2.75, 3.05) is 5.73 Å². The molecule has 0 aliphatic heterocycles. The molecule has 0 aliphatic carbocycles. The average molecular weight is 286 g/mol. The summed E-state index contributed by atoms with van der Waals surface area (Å²) in [5, 5.41) is 11.8. The molecule has 0 atom stereocenters. The van der Waals surface area contributed by atoms with Gasteiger partial charge in [0.1, 0.15) is 16.5 Å². The van der Waals surface area contributed by atoms with E-state index in [9.17, 15) is 10.1 Å². The molecule has 0 spiro atoms. The Kier molecular flexibility index (Phi) is 3.03. The monoisotopic (exact) mass is 286 g/mol. The molecule has 0 bridgehead atoms. The summed E-state index contributed by atoms with van der Waals surface area (Å²) in [5.41, 5.74) is 6.81. The van der Waals surface area contributed by atoms with Crippen LogP contribution in [0.1, 0.15) is 10.7 Å². The summed E-state index contributed by atoms with van der Waals surface area (Å²) >= 11 is 1.50. The quantitative estimate of drug-likeness (QED) is 0.590. The summed E-state index contributed by atoms with van der Waals surface area (Å²) in [5.74, 6) is 0.270. The molecule has 0 unspecified atom stereocenters.